The first-order valence-corrected chi connectivity index (χ1v) is 8.98. The molecule has 24 heavy (non-hydrogen) atoms. The van der Waals surface area contributed by atoms with Crippen molar-refractivity contribution < 1.29 is 22.3 Å². The van der Waals surface area contributed by atoms with Crippen LogP contribution in [-0.4, -0.2) is 27.2 Å². The lowest BCUT2D eigenvalue weighted by Gasteiger charge is -2.12. The molecule has 0 aliphatic heterocycles. The number of carbonyl (C=O) groups is 1. The van der Waals surface area contributed by atoms with E-state index in [1.54, 1.807) is 12.1 Å². The number of amides is 1. The highest BCUT2D eigenvalue weighted by atomic mass is 32.2. The molecule has 0 aliphatic rings. The minimum atomic E-state index is -3.55. The van der Waals surface area contributed by atoms with E-state index >= 15 is 0 Å². The van der Waals surface area contributed by atoms with Gasteiger partial charge in [0.05, 0.1) is 30.7 Å². The second kappa shape index (κ2) is 7.78. The molecule has 0 saturated carbocycles. The summed E-state index contributed by atoms with van der Waals surface area (Å²) in [5.41, 5.74) is 0.140. The van der Waals surface area contributed by atoms with Gasteiger partial charge >= 0.3 is 0 Å². The highest BCUT2D eigenvalue weighted by Gasteiger charge is 2.11. The van der Waals surface area contributed by atoms with E-state index in [0.29, 0.717) is 5.75 Å². The molecule has 128 valence electrons. The number of anilines is 2. The summed E-state index contributed by atoms with van der Waals surface area (Å²) >= 11 is 0. The second-order valence-corrected chi connectivity index (χ2v) is 6.77. The van der Waals surface area contributed by atoms with Gasteiger partial charge in [-0.15, -0.1) is 0 Å². The first-order valence-electron chi connectivity index (χ1n) is 7.08. The molecule has 0 unspecified atom stereocenters. The van der Waals surface area contributed by atoms with Crippen molar-refractivity contribution in [2.24, 2.45) is 0 Å². The third-order valence-corrected chi connectivity index (χ3v) is 3.48. The molecule has 0 radical (unpaired) electrons. The van der Waals surface area contributed by atoms with E-state index in [1.165, 1.54) is 6.07 Å². The SMILES string of the molecule is CS(=O)(=O)Nc1ccc(F)cc1NC(=O)CCOc1ccccc1. The summed E-state index contributed by atoms with van der Waals surface area (Å²) in [6.07, 6.45) is 0.999. The van der Waals surface area contributed by atoms with Gasteiger partial charge in [-0.3, -0.25) is 9.52 Å². The Balaban J connectivity index is 1.96. The molecule has 0 saturated heterocycles. The molecule has 0 bridgehead atoms. The molecule has 0 aromatic heterocycles. The lowest BCUT2D eigenvalue weighted by molar-refractivity contribution is -0.116. The molecule has 0 aliphatic carbocycles. The summed E-state index contributed by atoms with van der Waals surface area (Å²) in [6, 6.07) is 12.4. The maximum atomic E-state index is 13.4. The van der Waals surface area contributed by atoms with Crippen molar-refractivity contribution in [3.05, 3.63) is 54.3 Å². The third kappa shape index (κ3) is 5.88. The standard InChI is InChI=1S/C16H17FN2O4S/c1-24(21,22)19-14-8-7-12(17)11-15(14)18-16(20)9-10-23-13-5-3-2-4-6-13/h2-8,11,19H,9-10H2,1H3,(H,18,20). The van der Waals surface area contributed by atoms with Crippen molar-refractivity contribution in [1.82, 2.24) is 0 Å². The maximum Gasteiger partial charge on any atom is 0.229 e. The zero-order chi connectivity index (χ0) is 17.6. The fourth-order valence-corrected chi connectivity index (χ4v) is 2.48. The number of hydrogen-bond donors (Lipinski definition) is 2. The maximum absolute atomic E-state index is 13.4. The van der Waals surface area contributed by atoms with Crippen LogP contribution in [0.1, 0.15) is 6.42 Å². The Kier molecular flexibility index (Phi) is 5.75. The van der Waals surface area contributed by atoms with Gasteiger partial charge in [-0.1, -0.05) is 18.2 Å². The molecule has 1 amide bonds. The van der Waals surface area contributed by atoms with Crippen molar-refractivity contribution in [1.29, 1.82) is 0 Å². The quantitative estimate of drug-likeness (QED) is 0.802. The molecule has 2 N–H and O–H groups in total. The van der Waals surface area contributed by atoms with Crippen LogP contribution in [0.3, 0.4) is 0 Å². The van der Waals surface area contributed by atoms with Crippen molar-refractivity contribution >= 4 is 27.3 Å². The van der Waals surface area contributed by atoms with Crippen LogP contribution in [0.15, 0.2) is 48.5 Å². The molecule has 0 heterocycles. The Morgan fingerprint density at radius 2 is 1.83 bits per heavy atom. The van der Waals surface area contributed by atoms with E-state index < -0.39 is 21.7 Å². The van der Waals surface area contributed by atoms with Crippen LogP contribution in [0.5, 0.6) is 5.75 Å². The second-order valence-electron chi connectivity index (χ2n) is 5.02. The number of rotatable bonds is 7. The zero-order valence-electron chi connectivity index (χ0n) is 13.0. The monoisotopic (exact) mass is 352 g/mol. The van der Waals surface area contributed by atoms with Crippen LogP contribution in [0, 0.1) is 5.82 Å². The Labute approximate surface area is 139 Å². The third-order valence-electron chi connectivity index (χ3n) is 2.89. The smallest absolute Gasteiger partial charge is 0.229 e. The van der Waals surface area contributed by atoms with E-state index in [0.717, 1.165) is 18.4 Å². The number of sulfonamides is 1. The van der Waals surface area contributed by atoms with E-state index in [9.17, 15) is 17.6 Å². The van der Waals surface area contributed by atoms with Gasteiger partial charge in [-0.05, 0) is 30.3 Å². The van der Waals surface area contributed by atoms with Gasteiger partial charge in [0.1, 0.15) is 11.6 Å². The predicted octanol–water partition coefficient (Wildman–Crippen LogP) is 2.60. The van der Waals surface area contributed by atoms with E-state index in [2.05, 4.69) is 10.0 Å². The van der Waals surface area contributed by atoms with Crippen molar-refractivity contribution in [3.63, 3.8) is 0 Å². The predicted molar refractivity (Wildman–Crippen MR) is 90.1 cm³/mol. The number of carbonyl (C=O) groups excluding carboxylic acids is 1. The summed E-state index contributed by atoms with van der Waals surface area (Å²) in [7, 11) is -3.55. The molecule has 8 heteroatoms. The van der Waals surface area contributed by atoms with Crippen LogP contribution < -0.4 is 14.8 Å². The Morgan fingerprint density at radius 1 is 1.12 bits per heavy atom. The van der Waals surface area contributed by atoms with Gasteiger partial charge in [0, 0.05) is 0 Å². The van der Waals surface area contributed by atoms with E-state index in [1.807, 2.05) is 18.2 Å². The molecular weight excluding hydrogens is 335 g/mol. The zero-order valence-corrected chi connectivity index (χ0v) is 13.8. The number of ether oxygens (including phenoxy) is 1. The number of benzene rings is 2. The summed E-state index contributed by atoms with van der Waals surface area (Å²) < 4.78 is 43.6. The highest BCUT2D eigenvalue weighted by Crippen LogP contribution is 2.24. The van der Waals surface area contributed by atoms with Crippen LogP contribution in [0.2, 0.25) is 0 Å². The van der Waals surface area contributed by atoms with Crippen molar-refractivity contribution in [2.45, 2.75) is 6.42 Å². The van der Waals surface area contributed by atoms with Gasteiger partial charge in [-0.25, -0.2) is 12.8 Å². The van der Waals surface area contributed by atoms with Crippen LogP contribution >= 0.6 is 0 Å². The summed E-state index contributed by atoms with van der Waals surface area (Å²) in [5, 5.41) is 2.47. The minimum Gasteiger partial charge on any atom is -0.493 e. The van der Waals surface area contributed by atoms with Crippen LogP contribution in [-0.2, 0) is 14.8 Å². The first kappa shape index (κ1) is 17.7. The highest BCUT2D eigenvalue weighted by molar-refractivity contribution is 7.92. The lowest BCUT2D eigenvalue weighted by Crippen LogP contribution is -2.18. The lowest BCUT2D eigenvalue weighted by atomic mass is 10.2. The number of nitrogens with one attached hydrogen (secondary N) is 2. The van der Waals surface area contributed by atoms with E-state index in [4.69, 9.17) is 4.74 Å². The average molecular weight is 352 g/mol. The van der Waals surface area contributed by atoms with Gasteiger partial charge in [0.2, 0.25) is 15.9 Å². The molecule has 0 atom stereocenters. The van der Waals surface area contributed by atoms with Gasteiger partial charge in [0.15, 0.2) is 0 Å². The summed E-state index contributed by atoms with van der Waals surface area (Å²) in [6.45, 7) is 0.139. The molecule has 2 aromatic rings. The topological polar surface area (TPSA) is 84.5 Å². The number of halogens is 1. The van der Waals surface area contributed by atoms with Crippen molar-refractivity contribution in [2.75, 3.05) is 22.9 Å². The first-order chi connectivity index (χ1) is 11.3. The van der Waals surface area contributed by atoms with Gasteiger partial charge in [0.25, 0.3) is 0 Å². The summed E-state index contributed by atoms with van der Waals surface area (Å²) in [5.74, 6) is -0.381. The molecule has 0 fully saturated rings. The number of para-hydroxylation sites is 1. The van der Waals surface area contributed by atoms with Gasteiger partial charge in [-0.2, -0.15) is 0 Å². The fraction of sp³-hybridized carbons (Fsp3) is 0.188. The number of hydrogen-bond acceptors (Lipinski definition) is 4. The molecular formula is C16H17FN2O4S. The minimum absolute atomic E-state index is 0.0315. The normalized spacial score (nSPS) is 10.9. The molecule has 0 spiro atoms. The molecule has 2 rings (SSSR count). The average Bonchev–Trinajstić information content (AvgIpc) is 2.50. The van der Waals surface area contributed by atoms with Crippen LogP contribution in [0.4, 0.5) is 15.8 Å². The Hall–Kier alpha value is -2.61. The molecule has 2 aromatic carbocycles. The largest absolute Gasteiger partial charge is 0.493 e. The Morgan fingerprint density at radius 3 is 2.50 bits per heavy atom. The van der Waals surface area contributed by atoms with Crippen molar-refractivity contribution in [3.8, 4) is 5.75 Å². The van der Waals surface area contributed by atoms with Gasteiger partial charge < -0.3 is 10.1 Å². The fourth-order valence-electron chi connectivity index (χ4n) is 1.90. The van der Waals surface area contributed by atoms with E-state index in [-0.39, 0.29) is 24.4 Å². The van der Waals surface area contributed by atoms with Crippen LogP contribution in [0.25, 0.3) is 0 Å². The summed E-state index contributed by atoms with van der Waals surface area (Å²) in [4.78, 5) is 11.9. The molecule has 6 nitrogen and oxygen atoms in total. The Bertz CT molecular complexity index is 810.